The smallest absolute Gasteiger partial charge is 0.404 e. The molecule has 0 aromatic heterocycles. The average molecular weight is 193 g/mol. The van der Waals surface area contributed by atoms with Gasteiger partial charge in [0, 0.05) is 0 Å². The van der Waals surface area contributed by atoms with Crippen LogP contribution in [0.1, 0.15) is 0 Å². The summed E-state index contributed by atoms with van der Waals surface area (Å²) in [5.74, 6) is -1.21. The molecule has 74 valence electrons. The molecule has 1 amide bonds. The van der Waals surface area contributed by atoms with Crippen molar-refractivity contribution in [2.24, 2.45) is 0 Å². The predicted octanol–water partition coefficient (Wildman–Crippen LogP) is 0.539. The number of ether oxygens (including phenoxy) is 1. The summed E-state index contributed by atoms with van der Waals surface area (Å²) in [4.78, 5) is 9.86. The molecule has 0 unspecified atom stereocenters. The number of amides is 1. The van der Waals surface area contributed by atoms with Gasteiger partial charge >= 0.3 is 6.09 Å². The quantitative estimate of drug-likeness (QED) is 0.495. The Morgan fingerprint density at radius 1 is 1.69 bits per heavy atom. The second-order valence-corrected chi connectivity index (χ2v) is 2.21. The fourth-order valence-electron chi connectivity index (χ4n) is 0.515. The molecule has 0 radical (unpaired) electrons. The van der Waals surface area contributed by atoms with Crippen molar-refractivity contribution in [3.63, 3.8) is 0 Å². The number of nitrogens with one attached hydrogen (secondary N) is 1. The van der Waals surface area contributed by atoms with E-state index in [1.807, 2.05) is 5.92 Å². The Hall–Kier alpha value is -1.35. The van der Waals surface area contributed by atoms with E-state index in [4.69, 9.17) is 11.5 Å². The van der Waals surface area contributed by atoms with Gasteiger partial charge in [-0.05, 0) is 0 Å². The van der Waals surface area contributed by atoms with Crippen LogP contribution < -0.4 is 5.32 Å². The summed E-state index contributed by atoms with van der Waals surface area (Å²) < 4.78 is 29.5. The Bertz CT molecular complexity index is 212. The third kappa shape index (κ3) is 7.03. The van der Waals surface area contributed by atoms with Gasteiger partial charge in [0.05, 0.1) is 6.54 Å². The summed E-state index contributed by atoms with van der Waals surface area (Å²) in [6, 6.07) is 0. The van der Waals surface area contributed by atoms with Crippen molar-refractivity contribution in [1.82, 2.24) is 5.32 Å². The largest absolute Gasteiger partial charge is 0.465 e. The van der Waals surface area contributed by atoms with Crippen molar-refractivity contribution < 1.29 is 23.4 Å². The average Bonchev–Trinajstić information content (AvgIpc) is 2.02. The topological polar surface area (TPSA) is 58.6 Å². The second kappa shape index (κ2) is 5.32. The first-order chi connectivity index (χ1) is 5.98. The lowest BCUT2D eigenvalue weighted by Crippen LogP contribution is -2.39. The predicted molar refractivity (Wildman–Crippen MR) is 40.6 cm³/mol. The first kappa shape index (κ1) is 11.6. The molecule has 0 bridgehead atoms. The van der Waals surface area contributed by atoms with Gasteiger partial charge in [0.25, 0.3) is 5.92 Å². The van der Waals surface area contributed by atoms with Crippen LogP contribution >= 0.6 is 0 Å². The van der Waals surface area contributed by atoms with E-state index in [1.54, 1.807) is 5.32 Å². The van der Waals surface area contributed by atoms with Crippen LogP contribution in [0.5, 0.6) is 0 Å². The third-order valence-corrected chi connectivity index (χ3v) is 0.997. The van der Waals surface area contributed by atoms with E-state index in [1.165, 1.54) is 0 Å². The summed E-state index contributed by atoms with van der Waals surface area (Å²) in [6.45, 7) is -2.09. The molecule has 0 spiro atoms. The minimum Gasteiger partial charge on any atom is -0.465 e. The summed E-state index contributed by atoms with van der Waals surface area (Å²) in [7, 11) is 0. The normalized spacial score (nSPS) is 10.5. The van der Waals surface area contributed by atoms with E-state index >= 15 is 0 Å². The first-order valence-electron chi connectivity index (χ1n) is 3.34. The maximum atomic E-state index is 12.6. The number of halogens is 2. The van der Waals surface area contributed by atoms with Crippen LogP contribution in [0.15, 0.2) is 0 Å². The van der Waals surface area contributed by atoms with Crippen molar-refractivity contribution in [3.05, 3.63) is 0 Å². The zero-order valence-corrected chi connectivity index (χ0v) is 6.72. The fraction of sp³-hybridized carbons (Fsp3) is 0.571. The van der Waals surface area contributed by atoms with E-state index in [-0.39, 0.29) is 6.61 Å². The SMILES string of the molecule is C#CCOCC(F)(F)CNC(=O)O. The number of hydrogen-bond acceptors (Lipinski definition) is 2. The Balaban J connectivity index is 3.67. The van der Waals surface area contributed by atoms with E-state index in [0.29, 0.717) is 0 Å². The van der Waals surface area contributed by atoms with Crippen molar-refractivity contribution in [2.45, 2.75) is 5.92 Å². The zero-order valence-electron chi connectivity index (χ0n) is 6.72. The number of alkyl halides is 2. The number of carbonyl (C=O) groups is 1. The summed E-state index contributed by atoms with van der Waals surface area (Å²) in [6.07, 6.45) is 3.25. The van der Waals surface area contributed by atoms with Crippen LogP contribution in [0, 0.1) is 12.3 Å². The Labute approximate surface area is 73.9 Å². The highest BCUT2D eigenvalue weighted by Gasteiger charge is 2.29. The lowest BCUT2D eigenvalue weighted by molar-refractivity contribution is -0.0670. The van der Waals surface area contributed by atoms with Gasteiger partial charge in [-0.2, -0.15) is 0 Å². The molecule has 0 aromatic carbocycles. The van der Waals surface area contributed by atoms with Crippen molar-refractivity contribution in [3.8, 4) is 12.3 Å². The van der Waals surface area contributed by atoms with Crippen LogP contribution in [0.2, 0.25) is 0 Å². The summed E-state index contributed by atoms with van der Waals surface area (Å²) in [5, 5.41) is 9.58. The van der Waals surface area contributed by atoms with Gasteiger partial charge in [-0.15, -0.1) is 6.42 Å². The highest BCUT2D eigenvalue weighted by molar-refractivity contribution is 5.64. The van der Waals surface area contributed by atoms with Gasteiger partial charge in [-0.25, -0.2) is 13.6 Å². The minimum absolute atomic E-state index is 0.220. The fourth-order valence-corrected chi connectivity index (χ4v) is 0.515. The summed E-state index contributed by atoms with van der Waals surface area (Å²) >= 11 is 0. The van der Waals surface area contributed by atoms with Crippen LogP contribution in [0.25, 0.3) is 0 Å². The van der Waals surface area contributed by atoms with Crippen molar-refractivity contribution in [1.29, 1.82) is 0 Å². The van der Waals surface area contributed by atoms with Crippen molar-refractivity contribution >= 4 is 6.09 Å². The van der Waals surface area contributed by atoms with Crippen LogP contribution in [-0.2, 0) is 4.74 Å². The number of terminal acetylenes is 1. The van der Waals surface area contributed by atoms with Crippen LogP contribution in [-0.4, -0.2) is 36.9 Å². The van der Waals surface area contributed by atoms with Crippen LogP contribution in [0.4, 0.5) is 13.6 Å². The molecular formula is C7H9F2NO3. The molecule has 2 N–H and O–H groups in total. The van der Waals surface area contributed by atoms with Gasteiger partial charge in [-0.3, -0.25) is 0 Å². The molecular weight excluding hydrogens is 184 g/mol. The van der Waals surface area contributed by atoms with Crippen molar-refractivity contribution in [2.75, 3.05) is 19.8 Å². The molecule has 0 saturated carbocycles. The van der Waals surface area contributed by atoms with Crippen LogP contribution in [0.3, 0.4) is 0 Å². The molecule has 0 fully saturated rings. The number of hydrogen-bond donors (Lipinski definition) is 2. The molecule has 6 heteroatoms. The standard InChI is InChI=1S/C7H9F2NO3/c1-2-3-13-5-7(8,9)4-10-6(11)12/h1,10H,3-5H2,(H,11,12). The maximum absolute atomic E-state index is 12.6. The zero-order chi connectivity index (χ0) is 10.3. The van der Waals surface area contributed by atoms with E-state index in [9.17, 15) is 13.6 Å². The Morgan fingerprint density at radius 3 is 2.77 bits per heavy atom. The molecule has 0 aromatic rings. The Kier molecular flexibility index (Phi) is 4.77. The first-order valence-corrected chi connectivity index (χ1v) is 3.34. The highest BCUT2D eigenvalue weighted by Crippen LogP contribution is 2.11. The highest BCUT2D eigenvalue weighted by atomic mass is 19.3. The lowest BCUT2D eigenvalue weighted by atomic mass is 10.3. The monoisotopic (exact) mass is 193 g/mol. The van der Waals surface area contributed by atoms with Gasteiger partial charge in [0.2, 0.25) is 0 Å². The number of rotatable bonds is 5. The molecule has 13 heavy (non-hydrogen) atoms. The van der Waals surface area contributed by atoms with E-state index in [0.717, 1.165) is 0 Å². The second-order valence-electron chi connectivity index (χ2n) is 2.21. The minimum atomic E-state index is -3.23. The molecule has 0 aliphatic heterocycles. The number of carboxylic acid groups (broad SMARTS) is 1. The molecule has 0 aliphatic rings. The third-order valence-electron chi connectivity index (χ3n) is 0.997. The van der Waals surface area contributed by atoms with Gasteiger partial charge in [0.15, 0.2) is 0 Å². The molecule has 0 aliphatic carbocycles. The lowest BCUT2D eigenvalue weighted by Gasteiger charge is -2.14. The molecule has 0 rings (SSSR count). The van der Waals surface area contributed by atoms with E-state index in [2.05, 4.69) is 4.74 Å². The molecule has 0 heterocycles. The molecule has 0 atom stereocenters. The van der Waals surface area contributed by atoms with E-state index < -0.39 is 25.2 Å². The summed E-state index contributed by atoms with van der Waals surface area (Å²) in [5.41, 5.74) is 0. The van der Waals surface area contributed by atoms with Gasteiger partial charge in [-0.1, -0.05) is 5.92 Å². The Morgan fingerprint density at radius 2 is 2.31 bits per heavy atom. The van der Waals surface area contributed by atoms with Gasteiger partial charge in [0.1, 0.15) is 13.2 Å². The van der Waals surface area contributed by atoms with Gasteiger partial charge < -0.3 is 15.2 Å². The molecule has 0 saturated heterocycles. The molecule has 4 nitrogen and oxygen atoms in total. The maximum Gasteiger partial charge on any atom is 0.404 e.